The number of benzene rings is 2. The summed E-state index contributed by atoms with van der Waals surface area (Å²) in [5.41, 5.74) is 0.852. The molecule has 0 unspecified atom stereocenters. The highest BCUT2D eigenvalue weighted by atomic mass is 16.5. The van der Waals surface area contributed by atoms with Crippen LogP contribution in [0.4, 0.5) is 11.4 Å². The maximum Gasteiger partial charge on any atom is 0.314 e. The quantitative estimate of drug-likeness (QED) is 0.311. The zero-order valence-electron chi connectivity index (χ0n) is 15.9. The topological polar surface area (TPSA) is 111 Å². The Labute approximate surface area is 172 Å². The number of esters is 2. The Morgan fingerprint density at radius 1 is 0.667 bits per heavy atom. The molecule has 0 N–H and O–H groups in total. The molecule has 0 saturated heterocycles. The molecule has 152 valence electrons. The summed E-state index contributed by atoms with van der Waals surface area (Å²) in [4.78, 5) is 52.2. The normalized spacial score (nSPS) is 17.7. The van der Waals surface area contributed by atoms with Crippen molar-refractivity contribution in [3.63, 3.8) is 0 Å². The number of isocyanates is 2. The van der Waals surface area contributed by atoms with E-state index in [9.17, 15) is 19.2 Å². The van der Waals surface area contributed by atoms with Gasteiger partial charge < -0.3 is 9.47 Å². The fourth-order valence-corrected chi connectivity index (χ4v) is 3.25. The Morgan fingerprint density at radius 2 is 1.00 bits per heavy atom. The van der Waals surface area contributed by atoms with Crippen molar-refractivity contribution in [2.75, 3.05) is 0 Å². The van der Waals surface area contributed by atoms with Gasteiger partial charge in [-0.15, -0.1) is 0 Å². The van der Waals surface area contributed by atoms with Gasteiger partial charge in [0.25, 0.3) is 0 Å². The highest BCUT2D eigenvalue weighted by Crippen LogP contribution is 2.31. The SMILES string of the molecule is O=C=Nc1ccc(OC(=O)C2CCC(C(=O)Oc3ccc(N=C=O)cc3)CC2)cc1. The Kier molecular flexibility index (Phi) is 7.00. The standard InChI is InChI=1S/C22H18N2O6/c25-13-23-17-5-9-19(10-6-17)29-21(27)15-1-2-16(4-3-15)22(28)30-20-11-7-18(8-12-20)24-14-26/h5-12,15-16H,1-4H2. The number of carbonyl (C=O) groups excluding carboxylic acids is 4. The van der Waals surface area contributed by atoms with Crippen molar-refractivity contribution < 1.29 is 28.7 Å². The van der Waals surface area contributed by atoms with Crippen molar-refractivity contribution in [3.8, 4) is 11.5 Å². The van der Waals surface area contributed by atoms with Crippen molar-refractivity contribution in [1.82, 2.24) is 0 Å². The third kappa shape index (κ3) is 5.58. The van der Waals surface area contributed by atoms with Crippen molar-refractivity contribution in [3.05, 3.63) is 48.5 Å². The van der Waals surface area contributed by atoms with Crippen molar-refractivity contribution in [2.24, 2.45) is 21.8 Å². The number of ether oxygens (including phenoxy) is 2. The molecule has 1 aliphatic carbocycles. The molecule has 0 spiro atoms. The van der Waals surface area contributed by atoms with Crippen LogP contribution in [0.2, 0.25) is 0 Å². The first kappa shape index (κ1) is 20.9. The van der Waals surface area contributed by atoms with Gasteiger partial charge in [-0.25, -0.2) is 9.59 Å². The highest BCUT2D eigenvalue weighted by Gasteiger charge is 2.32. The summed E-state index contributed by atoms with van der Waals surface area (Å²) in [6, 6.07) is 12.4. The molecule has 0 aliphatic heterocycles. The van der Waals surface area contributed by atoms with Gasteiger partial charge in [-0.05, 0) is 74.2 Å². The molecular formula is C22H18N2O6. The molecule has 1 saturated carbocycles. The van der Waals surface area contributed by atoms with E-state index in [4.69, 9.17) is 9.47 Å². The second kappa shape index (κ2) is 10.1. The lowest BCUT2D eigenvalue weighted by molar-refractivity contribution is -0.145. The second-order valence-corrected chi connectivity index (χ2v) is 6.78. The summed E-state index contributed by atoms with van der Waals surface area (Å²) in [5.74, 6) is -0.536. The van der Waals surface area contributed by atoms with E-state index in [-0.39, 0.29) is 23.8 Å². The Bertz CT molecular complexity index is 911. The average Bonchev–Trinajstić information content (AvgIpc) is 2.77. The summed E-state index contributed by atoms with van der Waals surface area (Å²) in [7, 11) is 0. The lowest BCUT2D eigenvalue weighted by Gasteiger charge is -2.25. The zero-order chi connectivity index (χ0) is 21.3. The molecule has 0 radical (unpaired) electrons. The van der Waals surface area contributed by atoms with Gasteiger partial charge in [0.15, 0.2) is 0 Å². The van der Waals surface area contributed by atoms with Gasteiger partial charge in [0.1, 0.15) is 11.5 Å². The second-order valence-electron chi connectivity index (χ2n) is 6.78. The van der Waals surface area contributed by atoms with E-state index < -0.39 is 0 Å². The lowest BCUT2D eigenvalue weighted by atomic mass is 9.82. The molecule has 1 aliphatic rings. The fraction of sp³-hybridized carbons (Fsp3) is 0.273. The van der Waals surface area contributed by atoms with E-state index in [1.807, 2.05) is 0 Å². The Hall–Kier alpha value is -3.86. The Morgan fingerprint density at radius 3 is 1.30 bits per heavy atom. The van der Waals surface area contributed by atoms with Crippen LogP contribution in [0.25, 0.3) is 0 Å². The van der Waals surface area contributed by atoms with Crippen LogP contribution < -0.4 is 9.47 Å². The van der Waals surface area contributed by atoms with Gasteiger partial charge in [0, 0.05) is 0 Å². The van der Waals surface area contributed by atoms with Crippen molar-refractivity contribution in [1.29, 1.82) is 0 Å². The molecule has 30 heavy (non-hydrogen) atoms. The van der Waals surface area contributed by atoms with Crippen LogP contribution >= 0.6 is 0 Å². The largest absolute Gasteiger partial charge is 0.426 e. The smallest absolute Gasteiger partial charge is 0.314 e. The summed E-state index contributed by atoms with van der Waals surface area (Å²) in [6.45, 7) is 0. The average molecular weight is 406 g/mol. The van der Waals surface area contributed by atoms with Crippen LogP contribution in [0, 0.1) is 11.8 Å². The van der Waals surface area contributed by atoms with Gasteiger partial charge in [-0.3, -0.25) is 9.59 Å². The van der Waals surface area contributed by atoms with Gasteiger partial charge >= 0.3 is 11.9 Å². The minimum Gasteiger partial charge on any atom is -0.426 e. The number of hydrogen-bond donors (Lipinski definition) is 0. The molecule has 8 heteroatoms. The third-order valence-corrected chi connectivity index (χ3v) is 4.85. The minimum absolute atomic E-state index is 0.290. The van der Waals surface area contributed by atoms with Gasteiger partial charge in [0.2, 0.25) is 12.2 Å². The van der Waals surface area contributed by atoms with Crippen LogP contribution in [-0.2, 0) is 19.2 Å². The molecule has 1 fully saturated rings. The lowest BCUT2D eigenvalue weighted by Crippen LogP contribution is -2.30. The first-order valence-corrected chi connectivity index (χ1v) is 9.38. The molecule has 0 atom stereocenters. The number of rotatable bonds is 6. The first-order valence-electron chi connectivity index (χ1n) is 9.38. The molecule has 2 aromatic rings. The highest BCUT2D eigenvalue weighted by molar-refractivity contribution is 5.78. The van der Waals surface area contributed by atoms with Crippen molar-refractivity contribution in [2.45, 2.75) is 25.7 Å². The number of carbonyl (C=O) groups is 2. The molecule has 8 nitrogen and oxygen atoms in total. The predicted molar refractivity (Wildman–Crippen MR) is 105 cm³/mol. The molecule has 2 aromatic carbocycles. The monoisotopic (exact) mass is 406 g/mol. The van der Waals surface area contributed by atoms with Gasteiger partial charge in [0.05, 0.1) is 23.2 Å². The van der Waals surface area contributed by atoms with Crippen molar-refractivity contribution >= 4 is 35.5 Å². The van der Waals surface area contributed by atoms with Crippen LogP contribution in [0.15, 0.2) is 58.5 Å². The van der Waals surface area contributed by atoms with Crippen LogP contribution in [0.3, 0.4) is 0 Å². The third-order valence-electron chi connectivity index (χ3n) is 4.85. The maximum absolute atomic E-state index is 12.4. The fourth-order valence-electron chi connectivity index (χ4n) is 3.25. The van der Waals surface area contributed by atoms with E-state index in [1.54, 1.807) is 48.5 Å². The molecule has 0 bridgehead atoms. The minimum atomic E-state index is -0.347. The molecule has 0 amide bonds. The Balaban J connectivity index is 1.48. The summed E-state index contributed by atoms with van der Waals surface area (Å²) in [6.07, 6.45) is 4.99. The molecular weight excluding hydrogens is 388 g/mol. The molecule has 3 rings (SSSR count). The predicted octanol–water partition coefficient (Wildman–Crippen LogP) is 3.94. The van der Waals surface area contributed by atoms with Gasteiger partial charge in [-0.2, -0.15) is 9.98 Å². The van der Waals surface area contributed by atoms with Crippen LogP contribution in [0.5, 0.6) is 11.5 Å². The maximum atomic E-state index is 12.4. The summed E-state index contributed by atoms with van der Waals surface area (Å²) >= 11 is 0. The van der Waals surface area contributed by atoms with E-state index in [0.29, 0.717) is 48.6 Å². The molecule has 0 aromatic heterocycles. The van der Waals surface area contributed by atoms with E-state index in [1.165, 1.54) is 12.2 Å². The number of hydrogen-bond acceptors (Lipinski definition) is 8. The number of nitrogens with zero attached hydrogens (tertiary/aromatic N) is 2. The summed E-state index contributed by atoms with van der Waals surface area (Å²) in [5, 5.41) is 0. The molecule has 0 heterocycles. The van der Waals surface area contributed by atoms with E-state index in [2.05, 4.69) is 9.98 Å². The summed E-state index contributed by atoms with van der Waals surface area (Å²) < 4.78 is 10.8. The number of aliphatic imine (C=N–C) groups is 2. The van der Waals surface area contributed by atoms with E-state index >= 15 is 0 Å². The van der Waals surface area contributed by atoms with Crippen LogP contribution in [-0.4, -0.2) is 24.1 Å². The van der Waals surface area contributed by atoms with Crippen LogP contribution in [0.1, 0.15) is 25.7 Å². The first-order chi connectivity index (χ1) is 14.6. The zero-order valence-corrected chi connectivity index (χ0v) is 15.9. The van der Waals surface area contributed by atoms with E-state index in [0.717, 1.165) is 0 Å². The van der Waals surface area contributed by atoms with Gasteiger partial charge in [-0.1, -0.05) is 0 Å².